The van der Waals surface area contributed by atoms with Gasteiger partial charge in [-0.1, -0.05) is 41.1 Å². The molecule has 1 heterocycles. The number of nitrogens with zero attached hydrogens (tertiary/aromatic N) is 2. The molecule has 0 atom stereocenters. The standard InChI is InChI=1S/C19H19ClN4O2S/c1-12-3-5-14(6-4-12)21-18(25)11-27-19-22-17(23-24-19)10-26-15-7-8-16(20)13(2)9-15/h3-9H,10-11H2,1-2H3,(H,21,25)(H,22,23,24). The fourth-order valence-electron chi connectivity index (χ4n) is 2.23. The van der Waals surface area contributed by atoms with E-state index >= 15 is 0 Å². The first-order valence-electron chi connectivity index (χ1n) is 8.29. The third-order valence-electron chi connectivity index (χ3n) is 3.68. The molecule has 140 valence electrons. The van der Waals surface area contributed by atoms with Crippen molar-refractivity contribution in [2.45, 2.75) is 25.6 Å². The molecule has 0 spiro atoms. The summed E-state index contributed by atoms with van der Waals surface area (Å²) in [6.45, 7) is 4.17. The highest BCUT2D eigenvalue weighted by Gasteiger charge is 2.09. The predicted molar refractivity (Wildman–Crippen MR) is 107 cm³/mol. The number of hydrogen-bond donors (Lipinski definition) is 2. The fraction of sp³-hybridized carbons (Fsp3) is 0.211. The van der Waals surface area contributed by atoms with Crippen LogP contribution in [-0.2, 0) is 11.4 Å². The van der Waals surface area contributed by atoms with Crippen LogP contribution in [0.3, 0.4) is 0 Å². The van der Waals surface area contributed by atoms with Crippen molar-refractivity contribution in [3.63, 3.8) is 0 Å². The number of aromatic amines is 1. The van der Waals surface area contributed by atoms with Crippen LogP contribution in [0.25, 0.3) is 0 Å². The zero-order valence-corrected chi connectivity index (χ0v) is 16.5. The number of carbonyl (C=O) groups is 1. The van der Waals surface area contributed by atoms with Crippen LogP contribution in [0, 0.1) is 13.8 Å². The van der Waals surface area contributed by atoms with Gasteiger partial charge in [-0.2, -0.15) is 0 Å². The number of aryl methyl sites for hydroxylation is 2. The monoisotopic (exact) mass is 402 g/mol. The quantitative estimate of drug-likeness (QED) is 0.573. The first-order chi connectivity index (χ1) is 13.0. The molecule has 0 aliphatic rings. The zero-order valence-electron chi connectivity index (χ0n) is 15.0. The van der Waals surface area contributed by atoms with Gasteiger partial charge in [-0.05, 0) is 49.7 Å². The summed E-state index contributed by atoms with van der Waals surface area (Å²) in [4.78, 5) is 16.3. The molecule has 0 saturated carbocycles. The normalized spacial score (nSPS) is 10.6. The first-order valence-corrected chi connectivity index (χ1v) is 9.65. The van der Waals surface area contributed by atoms with Crippen LogP contribution < -0.4 is 10.1 Å². The molecule has 3 rings (SSSR count). The van der Waals surface area contributed by atoms with Crippen LogP contribution in [0.15, 0.2) is 47.6 Å². The average Bonchev–Trinajstić information content (AvgIpc) is 3.11. The molecule has 1 amide bonds. The van der Waals surface area contributed by atoms with Crippen molar-refractivity contribution in [2.24, 2.45) is 0 Å². The Morgan fingerprint density at radius 2 is 2.00 bits per heavy atom. The van der Waals surface area contributed by atoms with Crippen molar-refractivity contribution < 1.29 is 9.53 Å². The van der Waals surface area contributed by atoms with Crippen LogP contribution in [-0.4, -0.2) is 26.8 Å². The molecule has 0 bridgehead atoms. The Kier molecular flexibility index (Phi) is 6.36. The van der Waals surface area contributed by atoms with Gasteiger partial charge in [0.05, 0.1) is 5.75 Å². The topological polar surface area (TPSA) is 79.9 Å². The maximum atomic E-state index is 12.0. The summed E-state index contributed by atoms with van der Waals surface area (Å²) in [5.41, 5.74) is 2.86. The summed E-state index contributed by atoms with van der Waals surface area (Å²) < 4.78 is 5.67. The lowest BCUT2D eigenvalue weighted by Crippen LogP contribution is -2.14. The Morgan fingerprint density at radius 1 is 1.22 bits per heavy atom. The maximum Gasteiger partial charge on any atom is 0.234 e. The SMILES string of the molecule is Cc1ccc(NC(=O)CSc2n[nH]c(COc3ccc(Cl)c(C)c3)n2)cc1. The molecule has 0 radical (unpaired) electrons. The van der Waals surface area contributed by atoms with Crippen LogP contribution >= 0.6 is 23.4 Å². The van der Waals surface area contributed by atoms with Gasteiger partial charge in [-0.15, -0.1) is 5.10 Å². The highest BCUT2D eigenvalue weighted by Crippen LogP contribution is 2.22. The summed E-state index contributed by atoms with van der Waals surface area (Å²) in [6.07, 6.45) is 0. The number of H-pyrrole nitrogens is 1. The van der Waals surface area contributed by atoms with E-state index in [1.807, 2.05) is 44.2 Å². The Bertz CT molecular complexity index is 928. The van der Waals surface area contributed by atoms with Crippen LogP contribution in [0.2, 0.25) is 5.02 Å². The summed E-state index contributed by atoms with van der Waals surface area (Å²) >= 11 is 7.26. The van der Waals surface area contributed by atoms with E-state index in [-0.39, 0.29) is 18.3 Å². The summed E-state index contributed by atoms with van der Waals surface area (Å²) in [5, 5.41) is 11.0. The third-order valence-corrected chi connectivity index (χ3v) is 4.96. The first kappa shape index (κ1) is 19.3. The number of carbonyl (C=O) groups excluding carboxylic acids is 1. The fourth-order valence-corrected chi connectivity index (χ4v) is 2.96. The molecule has 27 heavy (non-hydrogen) atoms. The lowest BCUT2D eigenvalue weighted by atomic mass is 10.2. The predicted octanol–water partition coefficient (Wildman–Crippen LogP) is 4.38. The van der Waals surface area contributed by atoms with Crippen LogP contribution in [0.1, 0.15) is 17.0 Å². The molecule has 6 nitrogen and oxygen atoms in total. The van der Waals surface area contributed by atoms with E-state index in [0.29, 0.717) is 21.8 Å². The lowest BCUT2D eigenvalue weighted by molar-refractivity contribution is -0.113. The Labute approximate surface area is 166 Å². The van der Waals surface area contributed by atoms with E-state index in [9.17, 15) is 4.79 Å². The Balaban J connectivity index is 1.46. The average molecular weight is 403 g/mol. The molecule has 0 fully saturated rings. The molecule has 0 unspecified atom stereocenters. The van der Waals surface area contributed by atoms with Gasteiger partial charge in [0.2, 0.25) is 11.1 Å². The molecule has 0 aliphatic carbocycles. The van der Waals surface area contributed by atoms with Crippen LogP contribution in [0.5, 0.6) is 5.75 Å². The molecule has 2 N–H and O–H groups in total. The Hall–Kier alpha value is -2.51. The highest BCUT2D eigenvalue weighted by molar-refractivity contribution is 7.99. The van der Waals surface area contributed by atoms with Crippen molar-refractivity contribution in [3.05, 3.63) is 64.4 Å². The van der Waals surface area contributed by atoms with Gasteiger partial charge in [0, 0.05) is 10.7 Å². The van der Waals surface area contributed by atoms with Gasteiger partial charge in [-0.3, -0.25) is 9.89 Å². The maximum absolute atomic E-state index is 12.0. The smallest absolute Gasteiger partial charge is 0.234 e. The number of hydrogen-bond acceptors (Lipinski definition) is 5. The highest BCUT2D eigenvalue weighted by atomic mass is 35.5. The van der Waals surface area contributed by atoms with Crippen molar-refractivity contribution in [1.82, 2.24) is 15.2 Å². The molecule has 2 aromatic carbocycles. The summed E-state index contributed by atoms with van der Waals surface area (Å²) in [6, 6.07) is 13.1. The minimum Gasteiger partial charge on any atom is -0.486 e. The third kappa shape index (κ3) is 5.74. The second kappa shape index (κ2) is 8.92. The van der Waals surface area contributed by atoms with Gasteiger partial charge in [0.25, 0.3) is 0 Å². The number of benzene rings is 2. The number of anilines is 1. The minimum absolute atomic E-state index is 0.108. The number of halogens is 1. The zero-order chi connectivity index (χ0) is 19.2. The number of ether oxygens (including phenoxy) is 1. The van der Waals surface area contributed by atoms with Crippen LogP contribution in [0.4, 0.5) is 5.69 Å². The number of thioether (sulfide) groups is 1. The number of nitrogens with one attached hydrogen (secondary N) is 2. The molecule has 0 aliphatic heterocycles. The van der Waals surface area contributed by atoms with Crippen molar-refractivity contribution in [3.8, 4) is 5.75 Å². The van der Waals surface area contributed by atoms with Crippen molar-refractivity contribution in [2.75, 3.05) is 11.1 Å². The second-order valence-electron chi connectivity index (χ2n) is 5.97. The van der Waals surface area contributed by atoms with Gasteiger partial charge >= 0.3 is 0 Å². The molecular weight excluding hydrogens is 384 g/mol. The molecule has 3 aromatic rings. The second-order valence-corrected chi connectivity index (χ2v) is 7.32. The van der Waals surface area contributed by atoms with Crippen molar-refractivity contribution in [1.29, 1.82) is 0 Å². The van der Waals surface area contributed by atoms with Gasteiger partial charge in [0.1, 0.15) is 12.4 Å². The molecule has 0 saturated heterocycles. The largest absolute Gasteiger partial charge is 0.486 e. The summed E-state index contributed by atoms with van der Waals surface area (Å²) in [7, 11) is 0. The van der Waals surface area contributed by atoms with Gasteiger partial charge in [0.15, 0.2) is 5.82 Å². The number of aromatic nitrogens is 3. The van der Waals surface area contributed by atoms with Gasteiger partial charge in [-0.25, -0.2) is 4.98 Å². The van der Waals surface area contributed by atoms with E-state index in [0.717, 1.165) is 16.8 Å². The minimum atomic E-state index is -0.108. The van der Waals surface area contributed by atoms with Gasteiger partial charge < -0.3 is 10.1 Å². The Morgan fingerprint density at radius 3 is 2.74 bits per heavy atom. The van der Waals surface area contributed by atoms with E-state index in [2.05, 4.69) is 20.5 Å². The van der Waals surface area contributed by atoms with E-state index in [1.54, 1.807) is 12.1 Å². The lowest BCUT2D eigenvalue weighted by Gasteiger charge is -2.05. The van der Waals surface area contributed by atoms with E-state index in [4.69, 9.17) is 16.3 Å². The number of amides is 1. The van der Waals surface area contributed by atoms with E-state index in [1.165, 1.54) is 11.8 Å². The summed E-state index contributed by atoms with van der Waals surface area (Å²) in [5.74, 6) is 1.41. The molecular formula is C19H19ClN4O2S. The van der Waals surface area contributed by atoms with E-state index < -0.39 is 0 Å². The van der Waals surface area contributed by atoms with Crippen molar-refractivity contribution >= 4 is 35.0 Å². The molecule has 8 heteroatoms. The molecule has 1 aromatic heterocycles. The number of rotatable bonds is 7.